The van der Waals surface area contributed by atoms with Gasteiger partial charge in [0.25, 0.3) is 10.1 Å². The highest BCUT2D eigenvalue weighted by molar-refractivity contribution is 7.85. The number of ether oxygens (including phenoxy) is 3. The number of nitrogens with two attached hydrogens (primary N) is 1. The summed E-state index contributed by atoms with van der Waals surface area (Å²) in [4.78, 5) is 33.9. The Labute approximate surface area is 273 Å². The molecule has 0 radical (unpaired) electrons. The van der Waals surface area contributed by atoms with Gasteiger partial charge >= 0.3 is 18.0 Å². The number of carbonyl (C=O) groups excluding carboxylic acids is 3. The van der Waals surface area contributed by atoms with Crippen LogP contribution >= 0.6 is 23.2 Å². The SMILES string of the molecule is C.COC(=O)C1CCC(N)CC1.COC(=O)C1CCC(NC(=O)OC(C)(C)C)CC1.Cc1ccc(S(=O)(=O)O)cc1.ClCCl. The van der Waals surface area contributed by atoms with Crippen molar-refractivity contribution in [1.82, 2.24) is 5.32 Å². The van der Waals surface area contributed by atoms with Crippen molar-refractivity contribution in [2.75, 3.05) is 19.6 Å². The molecular weight excluding hydrogens is 635 g/mol. The largest absolute Gasteiger partial charge is 0.469 e. The summed E-state index contributed by atoms with van der Waals surface area (Å²) in [5, 5.41) is 3.03. The summed E-state index contributed by atoms with van der Waals surface area (Å²) >= 11 is 9.53. The summed E-state index contributed by atoms with van der Waals surface area (Å²) in [5.41, 5.74) is 6.16. The first-order chi connectivity index (χ1) is 20.0. The number of esters is 2. The second-order valence-electron chi connectivity index (χ2n) is 11.2. The molecule has 2 saturated carbocycles. The summed E-state index contributed by atoms with van der Waals surface area (Å²) in [6.45, 7) is 7.34. The molecule has 256 valence electrons. The predicted octanol–water partition coefficient (Wildman–Crippen LogP) is 6.22. The van der Waals surface area contributed by atoms with Crippen molar-refractivity contribution < 1.29 is 41.6 Å². The average Bonchev–Trinajstić information content (AvgIpc) is 2.93. The van der Waals surface area contributed by atoms with Crippen molar-refractivity contribution in [3.05, 3.63) is 29.8 Å². The van der Waals surface area contributed by atoms with Crippen molar-refractivity contribution in [1.29, 1.82) is 0 Å². The summed E-state index contributed by atoms with van der Waals surface area (Å²) in [6.07, 6.45) is 6.42. The number of methoxy groups -OCH3 is 2. The number of nitrogens with one attached hydrogen (secondary N) is 1. The maximum atomic E-state index is 11.6. The molecule has 11 nitrogen and oxygen atoms in total. The van der Waals surface area contributed by atoms with Gasteiger partial charge in [0.1, 0.15) is 5.60 Å². The number of rotatable bonds is 4. The number of carbonyl (C=O) groups is 3. The minimum absolute atomic E-state index is 0. The van der Waals surface area contributed by atoms with E-state index in [1.165, 1.54) is 26.4 Å². The molecule has 0 heterocycles. The van der Waals surface area contributed by atoms with Gasteiger partial charge in [-0.2, -0.15) is 8.42 Å². The van der Waals surface area contributed by atoms with Crippen LogP contribution in [0.2, 0.25) is 0 Å². The molecule has 0 aromatic heterocycles. The van der Waals surface area contributed by atoms with Crippen LogP contribution in [0.15, 0.2) is 29.2 Å². The van der Waals surface area contributed by atoms with E-state index in [0.29, 0.717) is 6.04 Å². The number of aryl methyl sites for hydroxylation is 1. The molecule has 1 aromatic carbocycles. The van der Waals surface area contributed by atoms with Gasteiger partial charge in [0.2, 0.25) is 0 Å². The van der Waals surface area contributed by atoms with E-state index in [1.54, 1.807) is 12.1 Å². The molecule has 2 aliphatic carbocycles. The third-order valence-corrected chi connectivity index (χ3v) is 7.48. The van der Waals surface area contributed by atoms with Gasteiger partial charge in [-0.15, -0.1) is 23.2 Å². The third kappa shape index (κ3) is 20.0. The Bertz CT molecular complexity index is 1060. The number of benzene rings is 1. The number of halogens is 2. The van der Waals surface area contributed by atoms with E-state index in [0.717, 1.165) is 56.9 Å². The lowest BCUT2D eigenvalue weighted by Gasteiger charge is -2.28. The van der Waals surface area contributed by atoms with Crippen molar-refractivity contribution >= 4 is 51.4 Å². The van der Waals surface area contributed by atoms with Gasteiger partial charge in [0.05, 0.1) is 36.3 Å². The smallest absolute Gasteiger partial charge is 0.407 e. The van der Waals surface area contributed by atoms with Gasteiger partial charge in [-0.05, 0) is 91.2 Å². The van der Waals surface area contributed by atoms with Crippen molar-refractivity contribution in [2.45, 2.75) is 109 Å². The molecule has 4 N–H and O–H groups in total. The monoisotopic (exact) mass is 686 g/mol. The van der Waals surface area contributed by atoms with Crippen molar-refractivity contribution in [3.63, 3.8) is 0 Å². The molecular formula is C30H52Cl2N2O9S. The molecule has 0 spiro atoms. The quantitative estimate of drug-likeness (QED) is 0.143. The van der Waals surface area contributed by atoms with Crippen LogP contribution in [-0.4, -0.2) is 68.2 Å². The molecule has 2 fully saturated rings. The third-order valence-electron chi connectivity index (χ3n) is 6.61. The maximum absolute atomic E-state index is 11.6. The number of amides is 1. The van der Waals surface area contributed by atoms with Crippen LogP contribution < -0.4 is 11.1 Å². The highest BCUT2D eigenvalue weighted by Gasteiger charge is 2.29. The molecule has 0 aliphatic heterocycles. The zero-order chi connectivity index (χ0) is 33.2. The molecule has 2 aliphatic rings. The van der Waals surface area contributed by atoms with Crippen LogP contribution in [0.3, 0.4) is 0 Å². The van der Waals surface area contributed by atoms with E-state index in [9.17, 15) is 22.8 Å². The maximum Gasteiger partial charge on any atom is 0.407 e. The average molecular weight is 688 g/mol. The molecule has 44 heavy (non-hydrogen) atoms. The van der Waals surface area contributed by atoms with Gasteiger partial charge < -0.3 is 25.3 Å². The lowest BCUT2D eigenvalue weighted by Crippen LogP contribution is -2.41. The van der Waals surface area contributed by atoms with Crippen molar-refractivity contribution in [3.8, 4) is 0 Å². The highest BCUT2D eigenvalue weighted by atomic mass is 35.5. The zero-order valence-corrected chi connectivity index (χ0v) is 28.3. The molecule has 0 bridgehead atoms. The van der Waals surface area contributed by atoms with Crippen LogP contribution in [-0.2, 0) is 33.9 Å². The normalized spacial score (nSPS) is 21.0. The summed E-state index contributed by atoms with van der Waals surface area (Å²) in [5.74, 6) is -0.130. The van der Waals surface area contributed by atoms with Gasteiger partial charge in [0, 0.05) is 12.1 Å². The van der Waals surface area contributed by atoms with Gasteiger partial charge in [-0.1, -0.05) is 25.1 Å². The van der Waals surface area contributed by atoms with E-state index >= 15 is 0 Å². The van der Waals surface area contributed by atoms with Crippen LogP contribution in [0, 0.1) is 18.8 Å². The molecule has 1 aromatic rings. The predicted molar refractivity (Wildman–Crippen MR) is 173 cm³/mol. The van der Waals surface area contributed by atoms with Gasteiger partial charge in [0.15, 0.2) is 0 Å². The second-order valence-corrected chi connectivity index (χ2v) is 13.5. The number of hydrogen-bond acceptors (Lipinski definition) is 9. The van der Waals surface area contributed by atoms with E-state index in [4.69, 9.17) is 43.0 Å². The van der Waals surface area contributed by atoms with E-state index < -0.39 is 15.7 Å². The van der Waals surface area contributed by atoms with E-state index in [2.05, 4.69) is 10.1 Å². The zero-order valence-electron chi connectivity index (χ0n) is 25.9. The highest BCUT2D eigenvalue weighted by Crippen LogP contribution is 2.26. The van der Waals surface area contributed by atoms with Crippen LogP contribution in [0.4, 0.5) is 4.79 Å². The topological polar surface area (TPSA) is 171 Å². The first-order valence-electron chi connectivity index (χ1n) is 14.0. The lowest BCUT2D eigenvalue weighted by molar-refractivity contribution is -0.147. The first-order valence-corrected chi connectivity index (χ1v) is 16.5. The fourth-order valence-electron chi connectivity index (χ4n) is 4.35. The minimum Gasteiger partial charge on any atom is -0.469 e. The summed E-state index contributed by atoms with van der Waals surface area (Å²) in [7, 11) is -1.17. The number of alkyl halides is 2. The van der Waals surface area contributed by atoms with Gasteiger partial charge in [-0.25, -0.2) is 4.79 Å². The number of hydrogen-bond donors (Lipinski definition) is 3. The Morgan fingerprint density at radius 2 is 1.27 bits per heavy atom. The van der Waals surface area contributed by atoms with Crippen molar-refractivity contribution in [2.24, 2.45) is 17.6 Å². The second kappa shape index (κ2) is 22.4. The Morgan fingerprint density at radius 1 is 0.886 bits per heavy atom. The molecule has 14 heteroatoms. The summed E-state index contributed by atoms with van der Waals surface area (Å²) < 4.78 is 44.1. The van der Waals surface area contributed by atoms with Crippen LogP contribution in [0.1, 0.15) is 85.1 Å². The fraction of sp³-hybridized carbons (Fsp3) is 0.700. The standard InChI is InChI=1S/C13H23NO4.C8H15NO2.C7H8O3S.CH2Cl2.CH4/c1-13(2,3)18-12(16)14-10-7-5-9(6-8-10)11(15)17-4;1-11-8(10)6-2-4-7(9)5-3-6;1-6-2-4-7(5-3-6)11(8,9)10;2-1-3;/h9-10H,5-8H2,1-4H3,(H,14,16);6-7H,2-5,9H2,1H3;2-5H,1H3,(H,8,9,10);1H2;1H4. The molecule has 3 rings (SSSR count). The molecule has 1 amide bonds. The first kappa shape index (κ1) is 44.0. The molecule has 0 atom stereocenters. The Kier molecular flexibility index (Phi) is 22.4. The number of alkyl carbamates (subject to hydrolysis) is 1. The molecule has 0 saturated heterocycles. The van der Waals surface area contributed by atoms with Gasteiger partial charge in [-0.3, -0.25) is 14.1 Å². The summed E-state index contributed by atoms with van der Waals surface area (Å²) in [6, 6.07) is 6.39. The molecule has 0 unspecified atom stereocenters. The van der Waals surface area contributed by atoms with E-state index in [-0.39, 0.29) is 53.6 Å². The fourth-order valence-corrected chi connectivity index (χ4v) is 4.83. The Balaban J connectivity index is 0. The van der Waals surface area contributed by atoms with Crippen LogP contribution in [0.5, 0.6) is 0 Å². The minimum atomic E-state index is -4.02. The Hall–Kier alpha value is -2.12. The lowest BCUT2D eigenvalue weighted by atomic mass is 9.86. The van der Waals surface area contributed by atoms with E-state index in [1.807, 2.05) is 27.7 Å². The van der Waals surface area contributed by atoms with Crippen LogP contribution in [0.25, 0.3) is 0 Å². The Morgan fingerprint density at radius 3 is 1.61 bits per heavy atom.